The van der Waals surface area contributed by atoms with Gasteiger partial charge in [0, 0.05) is 31.9 Å². The molecule has 10 heteroatoms. The Bertz CT molecular complexity index is 491. The van der Waals surface area contributed by atoms with Gasteiger partial charge < -0.3 is 10.6 Å². The Kier molecular flexibility index (Phi) is 8.65. The van der Waals surface area contributed by atoms with Gasteiger partial charge in [-0.2, -0.15) is 13.2 Å². The fourth-order valence-electron chi connectivity index (χ4n) is 2.22. The molecule has 0 aliphatic carbocycles. The Morgan fingerprint density at radius 1 is 1.17 bits per heavy atom. The van der Waals surface area contributed by atoms with Crippen molar-refractivity contribution >= 4 is 36.4 Å². The number of nitrogens with two attached hydrogens (primary N) is 1. The van der Waals surface area contributed by atoms with Crippen LogP contribution in [0, 0.1) is 0 Å². The number of alkyl halides is 3. The molecule has 23 heavy (non-hydrogen) atoms. The van der Waals surface area contributed by atoms with Crippen LogP contribution < -0.4 is 5.73 Å². The molecule has 1 saturated heterocycles. The number of anilines is 1. The molecule has 1 amide bonds. The van der Waals surface area contributed by atoms with E-state index in [0.29, 0.717) is 24.5 Å². The van der Waals surface area contributed by atoms with Gasteiger partial charge in [-0.1, -0.05) is 0 Å². The van der Waals surface area contributed by atoms with Gasteiger partial charge in [0.15, 0.2) is 0 Å². The Balaban J connectivity index is 0.00000242. The van der Waals surface area contributed by atoms with E-state index in [1.807, 2.05) is 0 Å². The Labute approximate surface area is 144 Å². The van der Waals surface area contributed by atoms with E-state index in [9.17, 15) is 18.0 Å². The topological polar surface area (TPSA) is 62.5 Å². The number of carbonyl (C=O) groups is 1. The Morgan fingerprint density at radius 2 is 1.78 bits per heavy atom. The normalized spacial score (nSPS) is 15.5. The first-order chi connectivity index (χ1) is 9.83. The summed E-state index contributed by atoms with van der Waals surface area (Å²) >= 11 is 0. The zero-order valence-corrected chi connectivity index (χ0v) is 13.9. The molecule has 0 unspecified atom stereocenters. The maximum atomic E-state index is 12.3. The van der Waals surface area contributed by atoms with E-state index in [1.165, 1.54) is 11.1 Å². The molecule has 1 aliphatic heterocycles. The lowest BCUT2D eigenvalue weighted by molar-refractivity contribution is -0.151. The fraction of sp³-hybridized carbons (Fsp3) is 0.538. The highest BCUT2D eigenvalue weighted by molar-refractivity contribution is 5.85. The molecule has 0 saturated carbocycles. The van der Waals surface area contributed by atoms with Crippen molar-refractivity contribution in [3.05, 3.63) is 24.0 Å². The fourth-order valence-corrected chi connectivity index (χ4v) is 2.22. The molecule has 132 valence electrons. The maximum absolute atomic E-state index is 12.3. The van der Waals surface area contributed by atoms with Crippen LogP contribution in [-0.2, 0) is 11.2 Å². The van der Waals surface area contributed by atoms with Crippen molar-refractivity contribution in [2.45, 2.75) is 12.6 Å². The van der Waals surface area contributed by atoms with Gasteiger partial charge in [-0.25, -0.2) is 0 Å². The minimum absolute atomic E-state index is 0. The Hall–Kier alpha value is -1.25. The van der Waals surface area contributed by atoms with Crippen molar-refractivity contribution in [1.82, 2.24) is 14.8 Å². The molecular formula is C13H19Cl2F3N4O. The summed E-state index contributed by atoms with van der Waals surface area (Å²) < 4.78 is 36.8. The summed E-state index contributed by atoms with van der Waals surface area (Å²) in [6, 6.07) is 3.34. The second-order valence-electron chi connectivity index (χ2n) is 5.03. The average molecular weight is 375 g/mol. The van der Waals surface area contributed by atoms with Gasteiger partial charge in [0.1, 0.15) is 0 Å². The van der Waals surface area contributed by atoms with E-state index >= 15 is 0 Å². The zero-order chi connectivity index (χ0) is 15.5. The van der Waals surface area contributed by atoms with Crippen molar-refractivity contribution < 1.29 is 18.0 Å². The second-order valence-corrected chi connectivity index (χ2v) is 5.03. The maximum Gasteiger partial charge on any atom is 0.401 e. The number of pyridine rings is 1. The van der Waals surface area contributed by atoms with Crippen molar-refractivity contribution in [1.29, 1.82) is 0 Å². The molecule has 0 spiro atoms. The number of amides is 1. The van der Waals surface area contributed by atoms with E-state index in [4.69, 9.17) is 5.73 Å². The highest BCUT2D eigenvalue weighted by Crippen LogP contribution is 2.17. The van der Waals surface area contributed by atoms with Gasteiger partial charge >= 0.3 is 6.18 Å². The number of piperazine rings is 1. The first kappa shape index (κ1) is 21.8. The lowest BCUT2D eigenvalue weighted by atomic mass is 10.2. The third-order valence-electron chi connectivity index (χ3n) is 3.31. The van der Waals surface area contributed by atoms with E-state index in [2.05, 4.69) is 4.98 Å². The van der Waals surface area contributed by atoms with Gasteiger partial charge in [-0.3, -0.25) is 14.7 Å². The highest BCUT2D eigenvalue weighted by Gasteiger charge is 2.32. The number of nitrogen functional groups attached to an aromatic ring is 1. The number of rotatable bonds is 3. The largest absolute Gasteiger partial charge is 0.401 e. The Morgan fingerprint density at radius 3 is 2.26 bits per heavy atom. The smallest absolute Gasteiger partial charge is 0.397 e. The number of aromatic nitrogens is 1. The SMILES string of the molecule is Cl.Cl.Nc1ccc(CC(=O)N2CCN(CC(F)(F)F)CC2)nc1. The molecule has 2 rings (SSSR count). The predicted molar refractivity (Wildman–Crippen MR) is 85.9 cm³/mol. The average Bonchev–Trinajstić information content (AvgIpc) is 2.40. The van der Waals surface area contributed by atoms with Gasteiger partial charge in [-0.15, -0.1) is 24.8 Å². The summed E-state index contributed by atoms with van der Waals surface area (Å²) in [6.45, 7) is 0.170. The molecule has 0 bridgehead atoms. The van der Waals surface area contributed by atoms with E-state index in [0.717, 1.165) is 0 Å². The van der Waals surface area contributed by atoms with Crippen LogP contribution in [0.25, 0.3) is 0 Å². The third-order valence-corrected chi connectivity index (χ3v) is 3.31. The van der Waals surface area contributed by atoms with E-state index < -0.39 is 12.7 Å². The standard InChI is InChI=1S/C13H17F3N4O.2ClH/c14-13(15,16)9-19-3-5-20(6-4-19)12(21)7-11-2-1-10(17)8-18-11;;/h1-2,8H,3-7,9,17H2;2*1H. The third kappa shape index (κ3) is 7.24. The first-order valence-corrected chi connectivity index (χ1v) is 6.61. The molecule has 5 nitrogen and oxygen atoms in total. The first-order valence-electron chi connectivity index (χ1n) is 6.61. The van der Waals surface area contributed by atoms with Gasteiger partial charge in [-0.05, 0) is 12.1 Å². The van der Waals surface area contributed by atoms with Crippen molar-refractivity contribution in [2.24, 2.45) is 0 Å². The van der Waals surface area contributed by atoms with Crippen molar-refractivity contribution in [3.8, 4) is 0 Å². The summed E-state index contributed by atoms with van der Waals surface area (Å²) in [6.07, 6.45) is -2.58. The van der Waals surface area contributed by atoms with Crippen molar-refractivity contribution in [3.63, 3.8) is 0 Å². The van der Waals surface area contributed by atoms with Crippen molar-refractivity contribution in [2.75, 3.05) is 38.5 Å². The molecule has 2 heterocycles. The van der Waals surface area contributed by atoms with Crippen LogP contribution in [-0.4, -0.2) is 59.6 Å². The summed E-state index contributed by atoms with van der Waals surface area (Å²) in [7, 11) is 0. The number of hydrogen-bond acceptors (Lipinski definition) is 4. The summed E-state index contributed by atoms with van der Waals surface area (Å²) in [4.78, 5) is 19.0. The van der Waals surface area contributed by atoms with Gasteiger partial charge in [0.2, 0.25) is 5.91 Å². The summed E-state index contributed by atoms with van der Waals surface area (Å²) in [5.41, 5.74) is 6.63. The van der Waals surface area contributed by atoms with Crippen LogP contribution in [0.15, 0.2) is 18.3 Å². The molecule has 2 N–H and O–H groups in total. The van der Waals surface area contributed by atoms with Gasteiger partial charge in [0.25, 0.3) is 0 Å². The molecule has 0 atom stereocenters. The quantitative estimate of drug-likeness (QED) is 0.875. The molecule has 0 aromatic carbocycles. The van der Waals surface area contributed by atoms with E-state index in [-0.39, 0.29) is 50.2 Å². The lowest BCUT2D eigenvalue weighted by Gasteiger charge is -2.35. The molecular weight excluding hydrogens is 356 g/mol. The molecule has 0 radical (unpaired) electrons. The van der Waals surface area contributed by atoms with Crippen LogP contribution in [0.5, 0.6) is 0 Å². The van der Waals surface area contributed by atoms with Crippen LogP contribution in [0.3, 0.4) is 0 Å². The number of carbonyl (C=O) groups excluding carboxylic acids is 1. The lowest BCUT2D eigenvalue weighted by Crippen LogP contribution is -2.51. The summed E-state index contributed by atoms with van der Waals surface area (Å²) in [5, 5.41) is 0. The second kappa shape index (κ2) is 9.14. The minimum Gasteiger partial charge on any atom is -0.397 e. The highest BCUT2D eigenvalue weighted by atomic mass is 35.5. The van der Waals surface area contributed by atoms with Crippen LogP contribution in [0.2, 0.25) is 0 Å². The summed E-state index contributed by atoms with van der Waals surface area (Å²) in [5.74, 6) is -0.126. The molecule has 1 aromatic rings. The number of halogens is 5. The van der Waals surface area contributed by atoms with Gasteiger partial charge in [0.05, 0.1) is 24.8 Å². The zero-order valence-electron chi connectivity index (χ0n) is 12.3. The molecule has 1 fully saturated rings. The minimum atomic E-state index is -4.19. The monoisotopic (exact) mass is 374 g/mol. The molecule has 1 aromatic heterocycles. The van der Waals surface area contributed by atoms with Crippen LogP contribution in [0.1, 0.15) is 5.69 Å². The van der Waals surface area contributed by atoms with E-state index in [1.54, 1.807) is 17.0 Å². The number of nitrogens with zero attached hydrogens (tertiary/aromatic N) is 3. The van der Waals surface area contributed by atoms with Crippen LogP contribution in [0.4, 0.5) is 18.9 Å². The van der Waals surface area contributed by atoms with Crippen LogP contribution >= 0.6 is 24.8 Å². The number of hydrogen-bond donors (Lipinski definition) is 1. The predicted octanol–water partition coefficient (Wildman–Crippen LogP) is 1.76. The molecule has 1 aliphatic rings.